The van der Waals surface area contributed by atoms with Crippen molar-refractivity contribution < 1.29 is 28.5 Å². The first-order valence-corrected chi connectivity index (χ1v) is 7.99. The predicted octanol–water partition coefficient (Wildman–Crippen LogP) is 2.42. The standard InChI is InChI=1S/C18H24O6/c1-11-14(10-15(19)21-3)23-18(22-4)12(2)16(11)24-17(20)13-8-6-5-7-9-13/h5-9,11-12,14,16,18H,10H2,1-4H3/t11-,12+,14-,16-,18+/m1/s1. The number of hydrogen-bond acceptors (Lipinski definition) is 6. The highest BCUT2D eigenvalue weighted by Gasteiger charge is 2.44. The van der Waals surface area contributed by atoms with Crippen molar-refractivity contribution in [2.45, 2.75) is 38.8 Å². The van der Waals surface area contributed by atoms with Crippen LogP contribution >= 0.6 is 0 Å². The van der Waals surface area contributed by atoms with Crippen molar-refractivity contribution in [1.29, 1.82) is 0 Å². The molecule has 1 aromatic rings. The molecule has 0 aromatic heterocycles. The largest absolute Gasteiger partial charge is 0.469 e. The van der Waals surface area contributed by atoms with E-state index >= 15 is 0 Å². The molecule has 0 N–H and O–H groups in total. The Hall–Kier alpha value is -1.92. The van der Waals surface area contributed by atoms with Crippen molar-refractivity contribution in [3.63, 3.8) is 0 Å². The van der Waals surface area contributed by atoms with E-state index < -0.39 is 24.5 Å². The summed E-state index contributed by atoms with van der Waals surface area (Å²) >= 11 is 0. The van der Waals surface area contributed by atoms with Gasteiger partial charge in [-0.15, -0.1) is 0 Å². The van der Waals surface area contributed by atoms with Gasteiger partial charge in [0, 0.05) is 18.9 Å². The van der Waals surface area contributed by atoms with Gasteiger partial charge in [0.05, 0.1) is 25.2 Å². The zero-order chi connectivity index (χ0) is 17.7. The lowest BCUT2D eigenvalue weighted by Crippen LogP contribution is -2.51. The lowest BCUT2D eigenvalue weighted by atomic mass is 9.84. The Labute approximate surface area is 142 Å². The second kappa shape index (κ2) is 8.26. The molecule has 1 aromatic carbocycles. The van der Waals surface area contributed by atoms with Crippen LogP contribution in [0.5, 0.6) is 0 Å². The van der Waals surface area contributed by atoms with Gasteiger partial charge in [-0.25, -0.2) is 4.79 Å². The smallest absolute Gasteiger partial charge is 0.338 e. The van der Waals surface area contributed by atoms with Gasteiger partial charge < -0.3 is 18.9 Å². The molecule has 0 bridgehead atoms. The fourth-order valence-electron chi connectivity index (χ4n) is 3.00. The Morgan fingerprint density at radius 3 is 2.33 bits per heavy atom. The number of rotatable bonds is 5. The second-order valence-corrected chi connectivity index (χ2v) is 6.01. The van der Waals surface area contributed by atoms with Gasteiger partial charge in [0.1, 0.15) is 6.10 Å². The SMILES string of the molecule is COC(=O)C[C@H]1O[C@H](OC)[C@@H](C)[C@H](OC(=O)c2ccccc2)[C@@H]1C. The highest BCUT2D eigenvalue weighted by molar-refractivity contribution is 5.89. The molecule has 0 spiro atoms. The average Bonchev–Trinajstić information content (AvgIpc) is 2.61. The molecule has 1 aliphatic heterocycles. The summed E-state index contributed by atoms with van der Waals surface area (Å²) < 4.78 is 21.6. The number of benzene rings is 1. The molecule has 132 valence electrons. The van der Waals surface area contributed by atoms with Crippen LogP contribution in [0.25, 0.3) is 0 Å². The van der Waals surface area contributed by atoms with Crippen LogP contribution in [-0.2, 0) is 23.7 Å². The normalized spacial score (nSPS) is 29.8. The van der Waals surface area contributed by atoms with Crippen molar-refractivity contribution in [2.24, 2.45) is 11.8 Å². The topological polar surface area (TPSA) is 71.1 Å². The summed E-state index contributed by atoms with van der Waals surface area (Å²) in [6, 6.07) is 8.81. The van der Waals surface area contributed by atoms with Gasteiger partial charge >= 0.3 is 11.9 Å². The predicted molar refractivity (Wildman–Crippen MR) is 86.3 cm³/mol. The van der Waals surface area contributed by atoms with Crippen LogP contribution < -0.4 is 0 Å². The van der Waals surface area contributed by atoms with Gasteiger partial charge in [-0.1, -0.05) is 32.0 Å². The summed E-state index contributed by atoms with van der Waals surface area (Å²) in [6.45, 7) is 3.81. The molecule has 0 amide bonds. The van der Waals surface area contributed by atoms with Crippen molar-refractivity contribution in [1.82, 2.24) is 0 Å². The molecule has 0 unspecified atom stereocenters. The number of carbonyl (C=O) groups is 2. The molecule has 6 heteroatoms. The van der Waals surface area contributed by atoms with Gasteiger partial charge in [0.15, 0.2) is 6.29 Å². The molecule has 24 heavy (non-hydrogen) atoms. The maximum absolute atomic E-state index is 12.4. The Kier molecular flexibility index (Phi) is 6.34. The van der Waals surface area contributed by atoms with Gasteiger partial charge in [-0.05, 0) is 12.1 Å². The minimum absolute atomic E-state index is 0.0869. The molecule has 1 heterocycles. The lowest BCUT2D eigenvalue weighted by molar-refractivity contribution is -0.253. The Morgan fingerprint density at radius 1 is 1.08 bits per heavy atom. The molecule has 6 nitrogen and oxygen atoms in total. The van der Waals surface area contributed by atoms with E-state index in [-0.39, 0.29) is 24.2 Å². The van der Waals surface area contributed by atoms with Crippen LogP contribution in [0.2, 0.25) is 0 Å². The number of esters is 2. The summed E-state index contributed by atoms with van der Waals surface area (Å²) in [5, 5.41) is 0. The van der Waals surface area contributed by atoms with Gasteiger partial charge in [0.25, 0.3) is 0 Å². The zero-order valence-corrected chi connectivity index (χ0v) is 14.4. The fourth-order valence-corrected chi connectivity index (χ4v) is 3.00. The molecule has 0 saturated carbocycles. The molecule has 1 aliphatic rings. The van der Waals surface area contributed by atoms with Crippen LogP contribution in [0.1, 0.15) is 30.6 Å². The van der Waals surface area contributed by atoms with Crippen LogP contribution in [0.4, 0.5) is 0 Å². The quantitative estimate of drug-likeness (QED) is 0.769. The molecule has 1 saturated heterocycles. The van der Waals surface area contributed by atoms with Crippen molar-refractivity contribution >= 4 is 11.9 Å². The second-order valence-electron chi connectivity index (χ2n) is 6.01. The summed E-state index contributed by atoms with van der Waals surface area (Å²) in [5.74, 6) is -1.10. The summed E-state index contributed by atoms with van der Waals surface area (Å²) in [5.41, 5.74) is 0.488. The molecule has 1 fully saturated rings. The summed E-state index contributed by atoms with van der Waals surface area (Å²) in [6.07, 6.45) is -1.33. The maximum atomic E-state index is 12.4. The Morgan fingerprint density at radius 2 is 1.75 bits per heavy atom. The first-order chi connectivity index (χ1) is 11.5. The van der Waals surface area contributed by atoms with E-state index in [4.69, 9.17) is 18.9 Å². The highest BCUT2D eigenvalue weighted by atomic mass is 16.7. The maximum Gasteiger partial charge on any atom is 0.338 e. The van der Waals surface area contributed by atoms with E-state index in [2.05, 4.69) is 0 Å². The molecular formula is C18H24O6. The number of carbonyl (C=O) groups excluding carboxylic acids is 2. The van der Waals surface area contributed by atoms with Crippen LogP contribution in [0, 0.1) is 11.8 Å². The van der Waals surface area contributed by atoms with Crippen LogP contribution in [-0.4, -0.2) is 44.7 Å². The first-order valence-electron chi connectivity index (χ1n) is 7.99. The van der Waals surface area contributed by atoms with Gasteiger partial charge in [0.2, 0.25) is 0 Å². The Bertz CT molecular complexity index is 558. The third-order valence-corrected chi connectivity index (χ3v) is 4.44. The van der Waals surface area contributed by atoms with Crippen molar-refractivity contribution in [3.05, 3.63) is 35.9 Å². The van der Waals surface area contributed by atoms with Crippen LogP contribution in [0.15, 0.2) is 30.3 Å². The zero-order valence-electron chi connectivity index (χ0n) is 14.4. The van der Waals surface area contributed by atoms with Gasteiger partial charge in [-0.2, -0.15) is 0 Å². The van der Waals surface area contributed by atoms with E-state index in [1.807, 2.05) is 19.9 Å². The molecular weight excluding hydrogens is 312 g/mol. The lowest BCUT2D eigenvalue weighted by Gasteiger charge is -2.43. The van der Waals surface area contributed by atoms with E-state index in [1.165, 1.54) is 14.2 Å². The molecule has 2 rings (SSSR count). The van der Waals surface area contributed by atoms with E-state index in [1.54, 1.807) is 24.3 Å². The molecule has 0 radical (unpaired) electrons. The molecule has 0 aliphatic carbocycles. The molecule has 5 atom stereocenters. The summed E-state index contributed by atoms with van der Waals surface area (Å²) in [7, 11) is 2.86. The van der Waals surface area contributed by atoms with E-state index in [0.29, 0.717) is 5.56 Å². The third-order valence-electron chi connectivity index (χ3n) is 4.44. The minimum atomic E-state index is -0.551. The highest BCUT2D eigenvalue weighted by Crippen LogP contribution is 2.34. The first kappa shape index (κ1) is 18.4. The van der Waals surface area contributed by atoms with Crippen molar-refractivity contribution in [3.8, 4) is 0 Å². The average molecular weight is 336 g/mol. The summed E-state index contributed by atoms with van der Waals surface area (Å²) in [4.78, 5) is 24.0. The monoisotopic (exact) mass is 336 g/mol. The van der Waals surface area contributed by atoms with Crippen LogP contribution in [0.3, 0.4) is 0 Å². The van der Waals surface area contributed by atoms with E-state index in [9.17, 15) is 9.59 Å². The van der Waals surface area contributed by atoms with Crippen molar-refractivity contribution in [2.75, 3.05) is 14.2 Å². The minimum Gasteiger partial charge on any atom is -0.469 e. The number of ether oxygens (including phenoxy) is 4. The number of hydrogen-bond donors (Lipinski definition) is 0. The van der Waals surface area contributed by atoms with Gasteiger partial charge in [-0.3, -0.25) is 4.79 Å². The fraction of sp³-hybridized carbons (Fsp3) is 0.556. The van der Waals surface area contributed by atoms with E-state index in [0.717, 1.165) is 0 Å². The third kappa shape index (κ3) is 4.13. The number of methoxy groups -OCH3 is 2. The Balaban J connectivity index is 2.15.